The molecule has 0 unspecified atom stereocenters. The monoisotopic (exact) mass is 347 g/mol. The van der Waals surface area contributed by atoms with E-state index in [4.69, 9.17) is 0 Å². The van der Waals surface area contributed by atoms with Crippen LogP contribution < -0.4 is 16.2 Å². The number of hydrazine groups is 1. The first kappa shape index (κ1) is 16.5. The Morgan fingerprint density at radius 2 is 1.84 bits per heavy atom. The van der Waals surface area contributed by atoms with Crippen molar-refractivity contribution < 1.29 is 18.0 Å². The molecule has 9 heteroatoms. The minimum Gasteiger partial charge on any atom is -0.307 e. The first-order valence-corrected chi connectivity index (χ1v) is 7.14. The second kappa shape index (κ2) is 6.63. The van der Waals surface area contributed by atoms with Gasteiger partial charge in [0.1, 0.15) is 0 Å². The van der Waals surface area contributed by atoms with Crippen LogP contribution in [-0.4, -0.2) is 16.2 Å². The number of halogens is 3. The number of alkyl halides is 3. The predicted octanol–water partition coefficient (Wildman–Crippen LogP) is 3.80. The van der Waals surface area contributed by atoms with Gasteiger partial charge >= 0.3 is 12.2 Å². The summed E-state index contributed by atoms with van der Waals surface area (Å²) in [6, 6.07) is 10.9. The molecule has 128 valence electrons. The van der Waals surface area contributed by atoms with Crippen LogP contribution in [0.4, 0.5) is 29.5 Å². The van der Waals surface area contributed by atoms with Crippen molar-refractivity contribution in [2.24, 2.45) is 0 Å². The Morgan fingerprint density at radius 3 is 2.64 bits per heavy atom. The summed E-state index contributed by atoms with van der Waals surface area (Å²) in [6.45, 7) is 0. The number of amides is 2. The summed E-state index contributed by atoms with van der Waals surface area (Å²) in [6.07, 6.45) is -2.91. The average molecular weight is 347 g/mol. The van der Waals surface area contributed by atoms with Gasteiger partial charge in [-0.15, -0.1) is 5.10 Å². The number of carbonyl (C=O) groups is 1. The van der Waals surface area contributed by atoms with Crippen molar-refractivity contribution in [1.29, 1.82) is 0 Å². The van der Waals surface area contributed by atoms with Crippen LogP contribution in [0.5, 0.6) is 0 Å². The number of benzene rings is 2. The molecule has 25 heavy (non-hydrogen) atoms. The molecule has 2 amide bonds. The molecule has 0 bridgehead atoms. The molecule has 0 spiro atoms. The molecule has 0 saturated heterocycles. The van der Waals surface area contributed by atoms with Crippen molar-refractivity contribution in [3.05, 3.63) is 60.3 Å². The van der Waals surface area contributed by atoms with Crippen LogP contribution in [0.1, 0.15) is 5.56 Å². The molecule has 2 aromatic carbocycles. The van der Waals surface area contributed by atoms with E-state index >= 15 is 0 Å². The van der Waals surface area contributed by atoms with Crippen molar-refractivity contribution in [3.63, 3.8) is 0 Å². The molecule has 0 fully saturated rings. The molecule has 0 aliphatic rings. The van der Waals surface area contributed by atoms with Gasteiger partial charge in [-0.2, -0.15) is 18.3 Å². The van der Waals surface area contributed by atoms with E-state index in [1.807, 2.05) is 12.1 Å². The molecule has 0 saturated carbocycles. The molecule has 0 radical (unpaired) electrons. The van der Waals surface area contributed by atoms with E-state index in [0.717, 1.165) is 22.9 Å². The number of rotatable bonds is 3. The zero-order chi connectivity index (χ0) is 17.9. The van der Waals surface area contributed by atoms with Crippen LogP contribution in [0, 0.1) is 0 Å². The van der Waals surface area contributed by atoms with E-state index in [2.05, 4.69) is 26.4 Å². The molecule has 3 N–H and O–H groups in total. The van der Waals surface area contributed by atoms with Crippen LogP contribution in [0.3, 0.4) is 0 Å². The largest absolute Gasteiger partial charge is 0.416 e. The van der Waals surface area contributed by atoms with Gasteiger partial charge < -0.3 is 5.32 Å². The Bertz CT molecular complexity index is 908. The Hall–Kier alpha value is -3.36. The van der Waals surface area contributed by atoms with Crippen LogP contribution >= 0.6 is 0 Å². The second-order valence-electron chi connectivity index (χ2n) is 5.06. The standard InChI is InChI=1S/C16H12F3N5O/c17-16(18,19)11-5-3-6-12(8-11)21-15(25)24-23-14-13-7-2-1-4-10(13)9-20-22-14/h1-9H,(H,22,23)(H2,21,24,25). The molecule has 0 aliphatic heterocycles. The highest BCUT2D eigenvalue weighted by atomic mass is 19.4. The number of aromatic nitrogens is 2. The fraction of sp³-hybridized carbons (Fsp3) is 0.0625. The maximum Gasteiger partial charge on any atom is 0.416 e. The minimum absolute atomic E-state index is 0.0122. The highest BCUT2D eigenvalue weighted by molar-refractivity contribution is 5.93. The summed E-state index contributed by atoms with van der Waals surface area (Å²) < 4.78 is 38.0. The Labute approximate surface area is 140 Å². The predicted molar refractivity (Wildman–Crippen MR) is 86.8 cm³/mol. The highest BCUT2D eigenvalue weighted by Gasteiger charge is 2.30. The van der Waals surface area contributed by atoms with E-state index < -0.39 is 17.8 Å². The lowest BCUT2D eigenvalue weighted by atomic mass is 10.2. The number of nitrogens with one attached hydrogen (secondary N) is 3. The van der Waals surface area contributed by atoms with Gasteiger partial charge in [-0.3, -0.25) is 5.43 Å². The topological polar surface area (TPSA) is 78.9 Å². The highest BCUT2D eigenvalue weighted by Crippen LogP contribution is 2.30. The van der Waals surface area contributed by atoms with Crippen LogP contribution in [0.2, 0.25) is 0 Å². The van der Waals surface area contributed by atoms with Crippen molar-refractivity contribution in [3.8, 4) is 0 Å². The quantitative estimate of drug-likeness (QED) is 0.630. The Balaban J connectivity index is 1.67. The van der Waals surface area contributed by atoms with Crippen molar-refractivity contribution in [2.75, 3.05) is 10.7 Å². The van der Waals surface area contributed by atoms with E-state index in [1.54, 1.807) is 18.3 Å². The third-order valence-corrected chi connectivity index (χ3v) is 3.31. The molecular formula is C16H12F3N5O. The van der Waals surface area contributed by atoms with Gasteiger partial charge in [-0.25, -0.2) is 10.2 Å². The number of hydrogen-bond donors (Lipinski definition) is 3. The fourth-order valence-corrected chi connectivity index (χ4v) is 2.17. The van der Waals surface area contributed by atoms with Crippen LogP contribution in [-0.2, 0) is 6.18 Å². The van der Waals surface area contributed by atoms with Crippen molar-refractivity contribution in [1.82, 2.24) is 15.6 Å². The van der Waals surface area contributed by atoms with Gasteiger partial charge in [0.25, 0.3) is 0 Å². The number of nitrogens with zero attached hydrogens (tertiary/aromatic N) is 2. The first-order chi connectivity index (χ1) is 11.9. The first-order valence-electron chi connectivity index (χ1n) is 7.14. The summed E-state index contributed by atoms with van der Waals surface area (Å²) in [4.78, 5) is 11.9. The fourth-order valence-electron chi connectivity index (χ4n) is 2.17. The van der Waals surface area contributed by atoms with E-state index in [-0.39, 0.29) is 5.69 Å². The van der Waals surface area contributed by atoms with E-state index in [9.17, 15) is 18.0 Å². The molecule has 0 atom stereocenters. The maximum absolute atomic E-state index is 12.7. The smallest absolute Gasteiger partial charge is 0.307 e. The summed E-state index contributed by atoms with van der Waals surface area (Å²) in [7, 11) is 0. The van der Waals surface area contributed by atoms with Gasteiger partial charge in [0.2, 0.25) is 0 Å². The number of fused-ring (bicyclic) bond motifs is 1. The molecule has 3 aromatic rings. The van der Waals surface area contributed by atoms with Crippen LogP contribution in [0.25, 0.3) is 10.8 Å². The molecule has 1 aromatic heterocycles. The third kappa shape index (κ3) is 3.94. The summed E-state index contributed by atoms with van der Waals surface area (Å²) in [5.74, 6) is 0.317. The van der Waals surface area contributed by atoms with E-state index in [1.165, 1.54) is 12.1 Å². The summed E-state index contributed by atoms with van der Waals surface area (Å²) in [5.41, 5.74) is 4.07. The van der Waals surface area contributed by atoms with Gasteiger partial charge in [0.15, 0.2) is 5.82 Å². The van der Waals surface area contributed by atoms with Crippen LogP contribution in [0.15, 0.2) is 54.7 Å². The Morgan fingerprint density at radius 1 is 1.04 bits per heavy atom. The van der Waals surface area contributed by atoms with Gasteiger partial charge in [-0.1, -0.05) is 30.3 Å². The average Bonchev–Trinajstić information content (AvgIpc) is 2.59. The van der Waals surface area contributed by atoms with E-state index in [0.29, 0.717) is 5.82 Å². The normalized spacial score (nSPS) is 11.2. The molecule has 1 heterocycles. The zero-order valence-electron chi connectivity index (χ0n) is 12.6. The van der Waals surface area contributed by atoms with Gasteiger partial charge in [0, 0.05) is 16.5 Å². The summed E-state index contributed by atoms with van der Waals surface area (Å²) in [5, 5.41) is 11.5. The summed E-state index contributed by atoms with van der Waals surface area (Å²) >= 11 is 0. The molecule has 3 rings (SSSR count). The number of urea groups is 1. The zero-order valence-corrected chi connectivity index (χ0v) is 12.6. The maximum atomic E-state index is 12.7. The lowest BCUT2D eigenvalue weighted by molar-refractivity contribution is -0.137. The van der Waals surface area contributed by atoms with Crippen molar-refractivity contribution in [2.45, 2.75) is 6.18 Å². The Kier molecular flexibility index (Phi) is 4.38. The number of anilines is 2. The number of hydrogen-bond acceptors (Lipinski definition) is 4. The van der Waals surface area contributed by atoms with Gasteiger partial charge in [0.05, 0.1) is 11.8 Å². The molecule has 6 nitrogen and oxygen atoms in total. The van der Waals surface area contributed by atoms with Crippen molar-refractivity contribution >= 4 is 28.3 Å². The van der Waals surface area contributed by atoms with Gasteiger partial charge in [-0.05, 0) is 18.2 Å². The molecule has 0 aliphatic carbocycles. The second-order valence-corrected chi connectivity index (χ2v) is 5.06. The number of carbonyl (C=O) groups excluding carboxylic acids is 1. The molecular weight excluding hydrogens is 335 g/mol. The lowest BCUT2D eigenvalue weighted by Crippen LogP contribution is -2.34. The SMILES string of the molecule is O=C(NNc1nncc2ccccc12)Nc1cccc(C(F)(F)F)c1. The minimum atomic E-state index is -4.48. The third-order valence-electron chi connectivity index (χ3n) is 3.31. The lowest BCUT2D eigenvalue weighted by Gasteiger charge is -2.12.